The van der Waals surface area contributed by atoms with Crippen LogP contribution in [0.4, 0.5) is 0 Å². The van der Waals surface area contributed by atoms with Gasteiger partial charge in [-0.3, -0.25) is 0 Å². The summed E-state index contributed by atoms with van der Waals surface area (Å²) < 4.78 is 0. The van der Waals surface area contributed by atoms with Crippen LogP contribution in [0, 0.1) is 6.92 Å². The van der Waals surface area contributed by atoms with E-state index in [9.17, 15) is 0 Å². The molecule has 0 fully saturated rings. The summed E-state index contributed by atoms with van der Waals surface area (Å²) in [6.07, 6.45) is 0. The maximum Gasteiger partial charge on any atom is 0.117 e. The van der Waals surface area contributed by atoms with Gasteiger partial charge in [0.05, 0.1) is 0 Å². The fraction of sp³-hybridized carbons (Fsp3) is 0.133. The average molecular weight is 225 g/mol. The van der Waals surface area contributed by atoms with Crippen molar-refractivity contribution in [2.24, 2.45) is 5.16 Å². The summed E-state index contributed by atoms with van der Waals surface area (Å²) in [6.45, 7) is 2.07. The van der Waals surface area contributed by atoms with Gasteiger partial charge in [-0.1, -0.05) is 59.3 Å². The van der Waals surface area contributed by atoms with E-state index in [1.165, 1.54) is 5.56 Å². The Morgan fingerprint density at radius 2 is 1.65 bits per heavy atom. The number of hydrogen-bond acceptors (Lipinski definition) is 2. The van der Waals surface area contributed by atoms with Crippen molar-refractivity contribution in [1.29, 1.82) is 0 Å². The minimum Gasteiger partial charge on any atom is -0.399 e. The molecule has 2 rings (SSSR count). The van der Waals surface area contributed by atoms with Crippen molar-refractivity contribution >= 4 is 5.71 Å². The topological polar surface area (TPSA) is 21.6 Å². The van der Waals surface area contributed by atoms with Crippen LogP contribution in [0.1, 0.15) is 16.7 Å². The first kappa shape index (κ1) is 11.4. The Hall–Kier alpha value is -2.09. The second-order valence-electron chi connectivity index (χ2n) is 3.86. The number of nitrogens with zero attached hydrogens (tertiary/aromatic N) is 1. The van der Waals surface area contributed by atoms with E-state index in [-0.39, 0.29) is 0 Å². The van der Waals surface area contributed by atoms with E-state index in [1.54, 1.807) is 7.11 Å². The van der Waals surface area contributed by atoms with Gasteiger partial charge in [0.15, 0.2) is 0 Å². The number of rotatable bonds is 3. The zero-order valence-corrected chi connectivity index (χ0v) is 10.1. The summed E-state index contributed by atoms with van der Waals surface area (Å²) in [7, 11) is 1.57. The molecule has 0 saturated heterocycles. The summed E-state index contributed by atoms with van der Waals surface area (Å²) >= 11 is 0. The minimum absolute atomic E-state index is 0.858. The highest BCUT2D eigenvalue weighted by molar-refractivity contribution is 6.12. The van der Waals surface area contributed by atoms with Gasteiger partial charge < -0.3 is 4.84 Å². The smallest absolute Gasteiger partial charge is 0.117 e. The van der Waals surface area contributed by atoms with Gasteiger partial charge in [-0.05, 0) is 13.0 Å². The van der Waals surface area contributed by atoms with Crippen LogP contribution in [0.3, 0.4) is 0 Å². The van der Waals surface area contributed by atoms with Crippen LogP contribution in [-0.4, -0.2) is 12.8 Å². The number of hydrogen-bond donors (Lipinski definition) is 0. The Kier molecular flexibility index (Phi) is 3.55. The zero-order valence-electron chi connectivity index (χ0n) is 10.1. The molecule has 0 atom stereocenters. The molecule has 2 aromatic rings. The standard InChI is InChI=1S/C15H15NO/c1-12-7-6-10-14(11-12)15(16-17-2)13-8-4-3-5-9-13/h3-11H,1-2H3. The quantitative estimate of drug-likeness (QED) is 0.579. The lowest BCUT2D eigenvalue weighted by Crippen LogP contribution is -2.04. The highest BCUT2D eigenvalue weighted by Gasteiger charge is 2.07. The van der Waals surface area contributed by atoms with Crippen LogP contribution in [0.5, 0.6) is 0 Å². The molecular weight excluding hydrogens is 210 g/mol. The average Bonchev–Trinajstić information content (AvgIpc) is 2.37. The van der Waals surface area contributed by atoms with Crippen molar-refractivity contribution in [3.05, 3.63) is 71.3 Å². The number of benzene rings is 2. The molecule has 0 amide bonds. The number of oxime groups is 1. The SMILES string of the molecule is CON=C(c1ccccc1)c1cccc(C)c1. The largest absolute Gasteiger partial charge is 0.399 e. The van der Waals surface area contributed by atoms with E-state index in [4.69, 9.17) is 4.84 Å². The van der Waals surface area contributed by atoms with Gasteiger partial charge in [-0.2, -0.15) is 0 Å². The van der Waals surface area contributed by atoms with Crippen LogP contribution < -0.4 is 0 Å². The van der Waals surface area contributed by atoms with Gasteiger partial charge in [-0.25, -0.2) is 0 Å². The fourth-order valence-electron chi connectivity index (χ4n) is 1.75. The Balaban J connectivity index is 2.47. The first-order valence-corrected chi connectivity index (χ1v) is 5.55. The van der Waals surface area contributed by atoms with Crippen molar-refractivity contribution in [3.63, 3.8) is 0 Å². The van der Waals surface area contributed by atoms with Gasteiger partial charge in [0.2, 0.25) is 0 Å². The fourth-order valence-corrected chi connectivity index (χ4v) is 1.75. The predicted octanol–water partition coefficient (Wildman–Crippen LogP) is 3.39. The van der Waals surface area contributed by atoms with E-state index in [1.807, 2.05) is 42.5 Å². The van der Waals surface area contributed by atoms with Gasteiger partial charge in [0.25, 0.3) is 0 Å². The normalized spacial score (nSPS) is 11.3. The monoisotopic (exact) mass is 225 g/mol. The third-order valence-corrected chi connectivity index (χ3v) is 2.52. The van der Waals surface area contributed by atoms with Crippen LogP contribution in [-0.2, 0) is 4.84 Å². The molecule has 0 saturated carbocycles. The van der Waals surface area contributed by atoms with Gasteiger partial charge in [0.1, 0.15) is 12.8 Å². The molecule has 0 aliphatic rings. The Labute approximate surface area is 102 Å². The van der Waals surface area contributed by atoms with Crippen molar-refractivity contribution in [2.45, 2.75) is 6.92 Å². The molecule has 0 N–H and O–H groups in total. The van der Waals surface area contributed by atoms with Gasteiger partial charge in [-0.15, -0.1) is 0 Å². The molecule has 0 bridgehead atoms. The predicted molar refractivity (Wildman–Crippen MR) is 70.3 cm³/mol. The molecule has 0 spiro atoms. The van der Waals surface area contributed by atoms with E-state index >= 15 is 0 Å². The third kappa shape index (κ3) is 2.72. The van der Waals surface area contributed by atoms with E-state index in [0.717, 1.165) is 16.8 Å². The van der Waals surface area contributed by atoms with Gasteiger partial charge >= 0.3 is 0 Å². The highest BCUT2D eigenvalue weighted by Crippen LogP contribution is 2.12. The molecule has 2 nitrogen and oxygen atoms in total. The maximum absolute atomic E-state index is 4.94. The first-order chi connectivity index (χ1) is 8.31. The van der Waals surface area contributed by atoms with Crippen molar-refractivity contribution < 1.29 is 4.84 Å². The molecule has 17 heavy (non-hydrogen) atoms. The summed E-state index contributed by atoms with van der Waals surface area (Å²) in [6, 6.07) is 18.3. The molecular formula is C15H15NO. The first-order valence-electron chi connectivity index (χ1n) is 5.55. The lowest BCUT2D eigenvalue weighted by Gasteiger charge is -2.06. The number of aryl methyl sites for hydroxylation is 1. The molecule has 0 heterocycles. The molecule has 86 valence electrons. The lowest BCUT2D eigenvalue weighted by molar-refractivity contribution is 0.214. The van der Waals surface area contributed by atoms with E-state index in [2.05, 4.69) is 24.2 Å². The highest BCUT2D eigenvalue weighted by atomic mass is 16.6. The minimum atomic E-state index is 0.858. The third-order valence-electron chi connectivity index (χ3n) is 2.52. The van der Waals surface area contributed by atoms with Crippen LogP contribution >= 0.6 is 0 Å². The van der Waals surface area contributed by atoms with Crippen molar-refractivity contribution in [2.75, 3.05) is 7.11 Å². The molecule has 0 unspecified atom stereocenters. The van der Waals surface area contributed by atoms with Crippen LogP contribution in [0.15, 0.2) is 59.8 Å². The molecule has 2 aromatic carbocycles. The lowest BCUT2D eigenvalue weighted by atomic mass is 10.0. The van der Waals surface area contributed by atoms with E-state index < -0.39 is 0 Å². The maximum atomic E-state index is 4.94. The Bertz CT molecular complexity index is 517. The van der Waals surface area contributed by atoms with Crippen LogP contribution in [0.25, 0.3) is 0 Å². The van der Waals surface area contributed by atoms with Crippen molar-refractivity contribution in [3.8, 4) is 0 Å². The summed E-state index contributed by atoms with van der Waals surface area (Å²) in [5.74, 6) is 0. The van der Waals surface area contributed by atoms with Crippen molar-refractivity contribution in [1.82, 2.24) is 0 Å². The summed E-state index contributed by atoms with van der Waals surface area (Å²) in [5.41, 5.74) is 4.19. The van der Waals surface area contributed by atoms with E-state index in [0.29, 0.717) is 0 Å². The molecule has 0 aliphatic carbocycles. The molecule has 0 radical (unpaired) electrons. The molecule has 0 aliphatic heterocycles. The van der Waals surface area contributed by atoms with Gasteiger partial charge in [0, 0.05) is 11.1 Å². The Morgan fingerprint density at radius 1 is 0.941 bits per heavy atom. The summed E-state index contributed by atoms with van der Waals surface area (Å²) in [5, 5.41) is 4.12. The Morgan fingerprint density at radius 3 is 2.29 bits per heavy atom. The second-order valence-corrected chi connectivity index (χ2v) is 3.86. The molecule has 2 heteroatoms. The second kappa shape index (κ2) is 5.30. The molecule has 0 aromatic heterocycles. The zero-order chi connectivity index (χ0) is 12.1. The summed E-state index contributed by atoms with van der Waals surface area (Å²) in [4.78, 5) is 4.94. The van der Waals surface area contributed by atoms with Crippen LogP contribution in [0.2, 0.25) is 0 Å².